The fraction of sp³-hybridized carbons (Fsp3) is 0.316. The topological polar surface area (TPSA) is 59.3 Å². The fourth-order valence-corrected chi connectivity index (χ4v) is 3.56. The standard InChI is InChI=1S/C19H20N4O/c1-13(18-22-21-17-11-4-5-12-23(17)18)20-19(24)16-10-6-8-14-7-2-3-9-15(14)16/h2-5,7,9,11-13,16H,6,8,10H2,1H3,(H,20,24). The maximum absolute atomic E-state index is 12.8. The van der Waals surface area contributed by atoms with Gasteiger partial charge in [-0.3, -0.25) is 9.20 Å². The number of benzene rings is 1. The lowest BCUT2D eigenvalue weighted by atomic mass is 9.82. The van der Waals surface area contributed by atoms with Gasteiger partial charge in [0.15, 0.2) is 11.5 Å². The molecule has 2 unspecified atom stereocenters. The molecule has 0 saturated heterocycles. The van der Waals surface area contributed by atoms with E-state index in [0.717, 1.165) is 30.7 Å². The van der Waals surface area contributed by atoms with E-state index in [2.05, 4.69) is 27.6 Å². The minimum atomic E-state index is -0.191. The number of aryl methyl sites for hydroxylation is 1. The van der Waals surface area contributed by atoms with Crippen LogP contribution in [0.2, 0.25) is 0 Å². The van der Waals surface area contributed by atoms with Crippen LogP contribution in [0.3, 0.4) is 0 Å². The van der Waals surface area contributed by atoms with E-state index in [9.17, 15) is 4.79 Å². The second kappa shape index (κ2) is 6.07. The Bertz CT molecular complexity index is 886. The third-order valence-electron chi connectivity index (χ3n) is 4.77. The number of nitrogens with one attached hydrogen (secondary N) is 1. The van der Waals surface area contributed by atoms with E-state index in [1.54, 1.807) is 0 Å². The summed E-state index contributed by atoms with van der Waals surface area (Å²) in [5.41, 5.74) is 3.25. The van der Waals surface area contributed by atoms with Crippen molar-refractivity contribution in [2.45, 2.75) is 38.1 Å². The van der Waals surface area contributed by atoms with Crippen molar-refractivity contribution in [3.05, 3.63) is 65.6 Å². The smallest absolute Gasteiger partial charge is 0.228 e. The normalized spacial score (nSPS) is 18.1. The highest BCUT2D eigenvalue weighted by atomic mass is 16.2. The van der Waals surface area contributed by atoms with Gasteiger partial charge in [-0.05, 0) is 49.4 Å². The molecule has 2 atom stereocenters. The molecule has 2 aromatic heterocycles. The molecule has 1 aliphatic rings. The lowest BCUT2D eigenvalue weighted by molar-refractivity contribution is -0.123. The third kappa shape index (κ3) is 2.56. The van der Waals surface area contributed by atoms with E-state index < -0.39 is 0 Å². The number of aromatic nitrogens is 3. The molecule has 0 radical (unpaired) electrons. The van der Waals surface area contributed by atoms with Gasteiger partial charge in [0.2, 0.25) is 5.91 Å². The minimum Gasteiger partial charge on any atom is -0.346 e. The third-order valence-corrected chi connectivity index (χ3v) is 4.77. The maximum Gasteiger partial charge on any atom is 0.228 e. The molecule has 0 aliphatic heterocycles. The van der Waals surface area contributed by atoms with E-state index in [4.69, 9.17) is 0 Å². The summed E-state index contributed by atoms with van der Waals surface area (Å²) in [5, 5.41) is 11.5. The summed E-state index contributed by atoms with van der Waals surface area (Å²) in [5.74, 6) is 0.752. The molecule has 1 N–H and O–H groups in total. The lowest BCUT2D eigenvalue weighted by Crippen LogP contribution is -2.34. The van der Waals surface area contributed by atoms with Crippen molar-refractivity contribution in [3.63, 3.8) is 0 Å². The van der Waals surface area contributed by atoms with E-state index in [1.165, 1.54) is 11.1 Å². The Hall–Kier alpha value is -2.69. The molecule has 24 heavy (non-hydrogen) atoms. The lowest BCUT2D eigenvalue weighted by Gasteiger charge is -2.25. The Balaban J connectivity index is 1.56. The predicted molar refractivity (Wildman–Crippen MR) is 91.7 cm³/mol. The van der Waals surface area contributed by atoms with Crippen LogP contribution in [-0.4, -0.2) is 20.5 Å². The number of nitrogens with zero attached hydrogens (tertiary/aromatic N) is 3. The molecule has 2 heterocycles. The summed E-state index contributed by atoms with van der Waals surface area (Å²) in [7, 11) is 0. The van der Waals surface area contributed by atoms with Crippen LogP contribution in [0.4, 0.5) is 0 Å². The van der Waals surface area contributed by atoms with Gasteiger partial charge in [0, 0.05) is 6.20 Å². The summed E-state index contributed by atoms with van der Waals surface area (Å²) in [6.07, 6.45) is 4.93. The highest BCUT2D eigenvalue weighted by Crippen LogP contribution is 2.32. The molecule has 5 heteroatoms. The second-order valence-electron chi connectivity index (χ2n) is 6.36. The highest BCUT2D eigenvalue weighted by molar-refractivity contribution is 5.84. The first-order valence-electron chi connectivity index (χ1n) is 8.42. The molecule has 3 aromatic rings. The average Bonchev–Trinajstić information content (AvgIpc) is 3.05. The van der Waals surface area contributed by atoms with Gasteiger partial charge < -0.3 is 5.32 Å². The number of hydrogen-bond acceptors (Lipinski definition) is 3. The minimum absolute atomic E-state index is 0.0716. The van der Waals surface area contributed by atoms with Crippen LogP contribution in [0.1, 0.15) is 48.7 Å². The number of rotatable bonds is 3. The zero-order valence-corrected chi connectivity index (χ0v) is 13.6. The van der Waals surface area contributed by atoms with Crippen molar-refractivity contribution in [1.29, 1.82) is 0 Å². The van der Waals surface area contributed by atoms with Crippen molar-refractivity contribution < 1.29 is 4.79 Å². The zero-order chi connectivity index (χ0) is 16.5. The van der Waals surface area contributed by atoms with Crippen LogP contribution < -0.4 is 5.32 Å². The molecule has 0 bridgehead atoms. The second-order valence-corrected chi connectivity index (χ2v) is 6.36. The van der Waals surface area contributed by atoms with E-state index in [0.29, 0.717) is 0 Å². The molecule has 0 fully saturated rings. The number of amides is 1. The monoisotopic (exact) mass is 320 g/mol. The fourth-order valence-electron chi connectivity index (χ4n) is 3.56. The Labute approximate surface area is 140 Å². The van der Waals surface area contributed by atoms with Crippen molar-refractivity contribution >= 4 is 11.6 Å². The van der Waals surface area contributed by atoms with Crippen LogP contribution in [0.15, 0.2) is 48.7 Å². The molecule has 1 amide bonds. The quantitative estimate of drug-likeness (QED) is 0.807. The van der Waals surface area contributed by atoms with Crippen LogP contribution in [0.5, 0.6) is 0 Å². The Morgan fingerprint density at radius 3 is 2.96 bits per heavy atom. The first-order chi connectivity index (χ1) is 11.7. The molecule has 5 nitrogen and oxygen atoms in total. The Kier molecular flexibility index (Phi) is 3.76. The van der Waals surface area contributed by atoms with Crippen LogP contribution in [0.25, 0.3) is 5.65 Å². The Morgan fingerprint density at radius 2 is 2.04 bits per heavy atom. The predicted octanol–water partition coefficient (Wildman–Crippen LogP) is 3.03. The van der Waals surface area contributed by atoms with Gasteiger partial charge in [-0.1, -0.05) is 30.3 Å². The zero-order valence-electron chi connectivity index (χ0n) is 13.6. The summed E-state index contributed by atoms with van der Waals surface area (Å²) in [6.45, 7) is 1.95. The van der Waals surface area contributed by atoms with Crippen LogP contribution in [0, 0.1) is 0 Å². The Morgan fingerprint density at radius 1 is 1.21 bits per heavy atom. The molecule has 0 spiro atoms. The number of pyridine rings is 1. The van der Waals surface area contributed by atoms with Gasteiger partial charge in [-0.25, -0.2) is 0 Å². The van der Waals surface area contributed by atoms with E-state index in [1.807, 2.05) is 47.9 Å². The van der Waals surface area contributed by atoms with Crippen molar-refractivity contribution in [2.24, 2.45) is 0 Å². The van der Waals surface area contributed by atoms with Gasteiger partial charge in [-0.2, -0.15) is 0 Å². The van der Waals surface area contributed by atoms with E-state index in [-0.39, 0.29) is 17.9 Å². The largest absolute Gasteiger partial charge is 0.346 e. The van der Waals surface area contributed by atoms with Gasteiger partial charge in [-0.15, -0.1) is 10.2 Å². The molecule has 0 saturated carbocycles. The number of carbonyl (C=O) groups is 1. The summed E-state index contributed by atoms with van der Waals surface area (Å²) in [6, 6.07) is 13.8. The van der Waals surface area contributed by atoms with Gasteiger partial charge in [0.05, 0.1) is 12.0 Å². The van der Waals surface area contributed by atoms with Crippen molar-refractivity contribution in [3.8, 4) is 0 Å². The summed E-state index contributed by atoms with van der Waals surface area (Å²) in [4.78, 5) is 12.8. The van der Waals surface area contributed by atoms with E-state index >= 15 is 0 Å². The molecule has 4 rings (SSSR count). The van der Waals surface area contributed by atoms with Crippen molar-refractivity contribution in [1.82, 2.24) is 19.9 Å². The molecule has 1 aromatic carbocycles. The molecule has 122 valence electrons. The number of carbonyl (C=O) groups excluding carboxylic acids is 1. The van der Waals surface area contributed by atoms with Crippen LogP contribution >= 0.6 is 0 Å². The van der Waals surface area contributed by atoms with Crippen LogP contribution in [-0.2, 0) is 11.2 Å². The summed E-state index contributed by atoms with van der Waals surface area (Å²) >= 11 is 0. The average molecular weight is 320 g/mol. The highest BCUT2D eigenvalue weighted by Gasteiger charge is 2.27. The molecule has 1 aliphatic carbocycles. The molecular formula is C19H20N4O. The van der Waals surface area contributed by atoms with Gasteiger partial charge >= 0.3 is 0 Å². The number of fused-ring (bicyclic) bond motifs is 2. The maximum atomic E-state index is 12.8. The van der Waals surface area contributed by atoms with Crippen molar-refractivity contribution in [2.75, 3.05) is 0 Å². The SMILES string of the molecule is CC(NC(=O)C1CCCc2ccccc21)c1nnc2ccccn12. The molecular weight excluding hydrogens is 300 g/mol. The van der Waals surface area contributed by atoms with Gasteiger partial charge in [0.1, 0.15) is 0 Å². The first-order valence-corrected chi connectivity index (χ1v) is 8.42. The number of hydrogen-bond donors (Lipinski definition) is 1. The van der Waals surface area contributed by atoms with Gasteiger partial charge in [0.25, 0.3) is 0 Å². The first kappa shape index (κ1) is 14.9. The summed E-state index contributed by atoms with van der Waals surface area (Å²) < 4.78 is 1.92.